The maximum Gasteiger partial charge on any atom is 0.243 e. The van der Waals surface area contributed by atoms with Crippen molar-refractivity contribution in [2.75, 3.05) is 6.54 Å². The summed E-state index contributed by atoms with van der Waals surface area (Å²) < 4.78 is 5.18. The molecule has 72 valence electrons. The number of aromatic nitrogens is 2. The normalized spacial score (nSPS) is 22.4. The topological polar surface area (TPSA) is 51.0 Å². The van der Waals surface area contributed by atoms with Crippen molar-refractivity contribution in [2.24, 2.45) is 0 Å². The third-order valence-electron chi connectivity index (χ3n) is 2.32. The molecule has 1 aliphatic rings. The summed E-state index contributed by atoms with van der Waals surface area (Å²) in [5.41, 5.74) is 0. The Balaban J connectivity index is 2.03. The molecule has 1 saturated heterocycles. The molecule has 1 aliphatic heterocycles. The molecule has 2 heterocycles. The predicted octanol–water partition coefficient (Wildman–Crippen LogP) is 1.45. The van der Waals surface area contributed by atoms with Crippen LogP contribution in [0.3, 0.4) is 0 Å². The molecule has 0 radical (unpaired) electrons. The van der Waals surface area contributed by atoms with Gasteiger partial charge in [-0.05, 0) is 25.8 Å². The first-order valence-corrected chi connectivity index (χ1v) is 4.96. The van der Waals surface area contributed by atoms with E-state index in [0.29, 0.717) is 6.04 Å². The van der Waals surface area contributed by atoms with Crippen LogP contribution in [0.4, 0.5) is 0 Å². The summed E-state index contributed by atoms with van der Waals surface area (Å²) in [6.07, 6.45) is 4.30. The zero-order valence-electron chi connectivity index (χ0n) is 7.92. The number of hydrogen-bond donors (Lipinski definition) is 1. The van der Waals surface area contributed by atoms with E-state index in [9.17, 15) is 0 Å². The smallest absolute Gasteiger partial charge is 0.243 e. The van der Waals surface area contributed by atoms with Crippen molar-refractivity contribution >= 4 is 0 Å². The largest absolute Gasteiger partial charge is 0.338 e. The van der Waals surface area contributed by atoms with Gasteiger partial charge >= 0.3 is 0 Å². The Kier molecular flexibility index (Phi) is 2.59. The van der Waals surface area contributed by atoms with Gasteiger partial charge in [-0.15, -0.1) is 0 Å². The van der Waals surface area contributed by atoms with Crippen LogP contribution in [-0.2, 0) is 6.42 Å². The minimum atomic E-state index is 0.304. The highest BCUT2D eigenvalue weighted by Gasteiger charge is 2.21. The summed E-state index contributed by atoms with van der Waals surface area (Å²) in [5.74, 6) is 1.60. The van der Waals surface area contributed by atoms with Crippen LogP contribution in [0.1, 0.15) is 43.9 Å². The van der Waals surface area contributed by atoms with E-state index in [4.69, 9.17) is 4.52 Å². The molecule has 0 aromatic carbocycles. The number of rotatable bonds is 3. The fourth-order valence-electron chi connectivity index (χ4n) is 1.63. The standard InChI is InChI=1S/C9H15N3O/c1-2-4-8-11-9(13-12-8)7-5-3-6-10-7/h7,10H,2-6H2,1H3/t7-/m1/s1. The monoisotopic (exact) mass is 181 g/mol. The van der Waals surface area contributed by atoms with Crippen molar-refractivity contribution in [3.8, 4) is 0 Å². The fourth-order valence-corrected chi connectivity index (χ4v) is 1.63. The highest BCUT2D eigenvalue weighted by molar-refractivity contribution is 4.95. The molecule has 1 fully saturated rings. The summed E-state index contributed by atoms with van der Waals surface area (Å²) >= 11 is 0. The van der Waals surface area contributed by atoms with Crippen molar-refractivity contribution in [2.45, 2.75) is 38.6 Å². The summed E-state index contributed by atoms with van der Waals surface area (Å²) in [6, 6.07) is 0.304. The summed E-state index contributed by atoms with van der Waals surface area (Å²) in [7, 11) is 0. The van der Waals surface area contributed by atoms with Gasteiger partial charge in [-0.25, -0.2) is 0 Å². The Labute approximate surface area is 77.7 Å². The van der Waals surface area contributed by atoms with Crippen molar-refractivity contribution in [1.82, 2.24) is 15.5 Å². The van der Waals surface area contributed by atoms with Crippen LogP contribution in [0.15, 0.2) is 4.52 Å². The predicted molar refractivity (Wildman–Crippen MR) is 48.3 cm³/mol. The number of nitrogens with zero attached hydrogens (tertiary/aromatic N) is 2. The second kappa shape index (κ2) is 3.87. The summed E-state index contributed by atoms with van der Waals surface area (Å²) in [4.78, 5) is 4.34. The van der Waals surface area contributed by atoms with E-state index in [1.54, 1.807) is 0 Å². The van der Waals surface area contributed by atoms with E-state index in [2.05, 4.69) is 22.4 Å². The Bertz CT molecular complexity index is 266. The Hall–Kier alpha value is -0.900. The lowest BCUT2D eigenvalue weighted by atomic mass is 10.2. The van der Waals surface area contributed by atoms with E-state index < -0.39 is 0 Å². The zero-order valence-corrected chi connectivity index (χ0v) is 7.92. The van der Waals surface area contributed by atoms with Crippen molar-refractivity contribution in [3.63, 3.8) is 0 Å². The molecule has 4 nitrogen and oxygen atoms in total. The van der Waals surface area contributed by atoms with Gasteiger partial charge < -0.3 is 9.84 Å². The average molecular weight is 181 g/mol. The molecule has 1 atom stereocenters. The van der Waals surface area contributed by atoms with E-state index >= 15 is 0 Å². The maximum absolute atomic E-state index is 5.18. The van der Waals surface area contributed by atoms with Crippen LogP contribution in [-0.4, -0.2) is 16.7 Å². The highest BCUT2D eigenvalue weighted by atomic mass is 16.5. The molecule has 13 heavy (non-hydrogen) atoms. The lowest BCUT2D eigenvalue weighted by Crippen LogP contribution is -2.13. The van der Waals surface area contributed by atoms with Gasteiger partial charge in [0.1, 0.15) is 0 Å². The number of hydrogen-bond acceptors (Lipinski definition) is 4. The van der Waals surface area contributed by atoms with Gasteiger partial charge in [-0.3, -0.25) is 0 Å². The molecular formula is C9H15N3O. The Morgan fingerprint density at radius 1 is 1.62 bits per heavy atom. The van der Waals surface area contributed by atoms with Gasteiger partial charge in [-0.1, -0.05) is 12.1 Å². The molecular weight excluding hydrogens is 166 g/mol. The van der Waals surface area contributed by atoms with Crippen LogP contribution in [0.25, 0.3) is 0 Å². The third kappa shape index (κ3) is 1.88. The molecule has 0 unspecified atom stereocenters. The lowest BCUT2D eigenvalue weighted by molar-refractivity contribution is 0.341. The summed E-state index contributed by atoms with van der Waals surface area (Å²) in [5, 5.41) is 7.26. The molecule has 0 saturated carbocycles. The molecule has 1 N–H and O–H groups in total. The van der Waals surface area contributed by atoms with Gasteiger partial charge in [0.15, 0.2) is 5.82 Å². The zero-order chi connectivity index (χ0) is 9.10. The lowest BCUT2D eigenvalue weighted by Gasteiger charge is -2.01. The van der Waals surface area contributed by atoms with E-state index in [1.807, 2.05) is 0 Å². The molecule has 0 bridgehead atoms. The van der Waals surface area contributed by atoms with Crippen LogP contribution in [0.5, 0.6) is 0 Å². The molecule has 0 aliphatic carbocycles. The molecule has 1 aromatic heterocycles. The van der Waals surface area contributed by atoms with E-state index in [1.165, 1.54) is 6.42 Å². The highest BCUT2D eigenvalue weighted by Crippen LogP contribution is 2.21. The number of aryl methyl sites for hydroxylation is 1. The first-order valence-electron chi connectivity index (χ1n) is 4.96. The van der Waals surface area contributed by atoms with Gasteiger partial charge in [0.05, 0.1) is 6.04 Å². The fraction of sp³-hybridized carbons (Fsp3) is 0.778. The molecule has 4 heteroatoms. The summed E-state index contributed by atoms with van der Waals surface area (Å²) in [6.45, 7) is 3.18. The minimum absolute atomic E-state index is 0.304. The maximum atomic E-state index is 5.18. The Morgan fingerprint density at radius 3 is 3.23 bits per heavy atom. The minimum Gasteiger partial charge on any atom is -0.338 e. The van der Waals surface area contributed by atoms with Crippen molar-refractivity contribution < 1.29 is 4.52 Å². The first kappa shape index (κ1) is 8.69. The average Bonchev–Trinajstić information content (AvgIpc) is 2.70. The van der Waals surface area contributed by atoms with Crippen molar-refractivity contribution in [3.05, 3.63) is 11.7 Å². The SMILES string of the molecule is CCCc1noc([C@H]2CCCN2)n1. The van der Waals surface area contributed by atoms with Crippen molar-refractivity contribution in [1.29, 1.82) is 0 Å². The molecule has 0 spiro atoms. The first-order chi connectivity index (χ1) is 6.40. The third-order valence-corrected chi connectivity index (χ3v) is 2.32. The van der Waals surface area contributed by atoms with Crippen LogP contribution < -0.4 is 5.32 Å². The van der Waals surface area contributed by atoms with Gasteiger partial charge in [0, 0.05) is 6.42 Å². The van der Waals surface area contributed by atoms with Gasteiger partial charge in [0.25, 0.3) is 0 Å². The Morgan fingerprint density at radius 2 is 2.54 bits per heavy atom. The van der Waals surface area contributed by atoms with Gasteiger partial charge in [0.2, 0.25) is 5.89 Å². The molecule has 2 rings (SSSR count). The molecule has 0 amide bonds. The second-order valence-corrected chi connectivity index (χ2v) is 3.45. The van der Waals surface area contributed by atoms with Crippen LogP contribution in [0, 0.1) is 0 Å². The van der Waals surface area contributed by atoms with E-state index in [-0.39, 0.29) is 0 Å². The van der Waals surface area contributed by atoms with Crippen LogP contribution >= 0.6 is 0 Å². The quantitative estimate of drug-likeness (QED) is 0.766. The van der Waals surface area contributed by atoms with Crippen LogP contribution in [0.2, 0.25) is 0 Å². The number of nitrogens with one attached hydrogen (secondary N) is 1. The second-order valence-electron chi connectivity index (χ2n) is 3.45. The van der Waals surface area contributed by atoms with E-state index in [0.717, 1.165) is 37.5 Å². The molecule has 1 aromatic rings. The van der Waals surface area contributed by atoms with Gasteiger partial charge in [-0.2, -0.15) is 4.98 Å².